The first-order chi connectivity index (χ1) is 7.13. The fourth-order valence-electron chi connectivity index (χ4n) is 1.40. The number of hydrogen-bond donors (Lipinski definition) is 1. The summed E-state index contributed by atoms with van der Waals surface area (Å²) >= 11 is 0. The van der Waals surface area contributed by atoms with E-state index in [1.807, 2.05) is 19.1 Å². The van der Waals surface area contributed by atoms with Gasteiger partial charge in [-0.05, 0) is 37.6 Å². The first kappa shape index (κ1) is 12.1. The maximum absolute atomic E-state index is 5.54. The van der Waals surface area contributed by atoms with E-state index >= 15 is 0 Å². The van der Waals surface area contributed by atoms with Gasteiger partial charge < -0.3 is 9.73 Å². The summed E-state index contributed by atoms with van der Waals surface area (Å²) in [4.78, 5) is 0. The van der Waals surface area contributed by atoms with Crippen molar-refractivity contribution in [1.29, 1.82) is 0 Å². The highest BCUT2D eigenvalue weighted by Crippen LogP contribution is 2.16. The summed E-state index contributed by atoms with van der Waals surface area (Å²) in [5.41, 5.74) is 1.38. The molecule has 1 aromatic heterocycles. The SMILES string of the molecule is CCNCC(=Cc1ccc(C)o1)C(C)C. The minimum absolute atomic E-state index is 0.550. The molecule has 1 aromatic rings. The molecule has 15 heavy (non-hydrogen) atoms. The number of rotatable bonds is 5. The number of hydrogen-bond acceptors (Lipinski definition) is 2. The molecule has 0 amide bonds. The maximum atomic E-state index is 5.54. The zero-order chi connectivity index (χ0) is 11.3. The van der Waals surface area contributed by atoms with Gasteiger partial charge in [0.05, 0.1) is 0 Å². The Labute approximate surface area is 92.4 Å². The number of furan rings is 1. The zero-order valence-corrected chi connectivity index (χ0v) is 10.1. The molecule has 1 rings (SSSR count). The molecular formula is C13H21NO. The molecule has 0 atom stereocenters. The van der Waals surface area contributed by atoms with Gasteiger partial charge in [0.15, 0.2) is 0 Å². The van der Waals surface area contributed by atoms with E-state index in [0.717, 1.165) is 24.6 Å². The molecular weight excluding hydrogens is 186 g/mol. The van der Waals surface area contributed by atoms with Crippen molar-refractivity contribution < 1.29 is 4.42 Å². The van der Waals surface area contributed by atoms with E-state index in [0.29, 0.717) is 5.92 Å². The molecule has 2 heteroatoms. The van der Waals surface area contributed by atoms with Crippen LogP contribution in [0.1, 0.15) is 32.3 Å². The minimum Gasteiger partial charge on any atom is -0.462 e. The molecule has 0 aliphatic heterocycles. The molecule has 0 aromatic carbocycles. The van der Waals surface area contributed by atoms with Crippen molar-refractivity contribution in [2.75, 3.05) is 13.1 Å². The number of nitrogens with one attached hydrogen (secondary N) is 1. The van der Waals surface area contributed by atoms with Crippen LogP contribution in [-0.4, -0.2) is 13.1 Å². The summed E-state index contributed by atoms with van der Waals surface area (Å²) in [5, 5.41) is 3.35. The second-order valence-corrected chi connectivity index (χ2v) is 4.10. The van der Waals surface area contributed by atoms with Crippen LogP contribution in [0.5, 0.6) is 0 Å². The van der Waals surface area contributed by atoms with Gasteiger partial charge in [0.1, 0.15) is 11.5 Å². The van der Waals surface area contributed by atoms with E-state index in [1.54, 1.807) is 0 Å². The summed E-state index contributed by atoms with van der Waals surface area (Å²) in [6.45, 7) is 10.4. The van der Waals surface area contributed by atoms with Gasteiger partial charge in [0.2, 0.25) is 0 Å². The van der Waals surface area contributed by atoms with Gasteiger partial charge in [0, 0.05) is 6.54 Å². The predicted octanol–water partition coefficient (Wildman–Crippen LogP) is 3.24. The molecule has 0 bridgehead atoms. The van der Waals surface area contributed by atoms with E-state index in [-0.39, 0.29) is 0 Å². The molecule has 0 aliphatic rings. The first-order valence-electron chi connectivity index (χ1n) is 5.61. The average Bonchev–Trinajstić information content (AvgIpc) is 2.58. The van der Waals surface area contributed by atoms with Crippen LogP contribution < -0.4 is 5.32 Å². The molecule has 1 heterocycles. The van der Waals surface area contributed by atoms with Crippen LogP contribution in [0.4, 0.5) is 0 Å². The lowest BCUT2D eigenvalue weighted by Gasteiger charge is -2.11. The van der Waals surface area contributed by atoms with Gasteiger partial charge in [-0.1, -0.05) is 26.3 Å². The first-order valence-corrected chi connectivity index (χ1v) is 5.61. The molecule has 0 saturated heterocycles. The third-order valence-electron chi connectivity index (χ3n) is 2.41. The standard InChI is InChI=1S/C13H21NO/c1-5-14-9-12(10(2)3)8-13-7-6-11(4)15-13/h6-8,10,14H,5,9H2,1-4H3. The molecule has 2 nitrogen and oxygen atoms in total. The summed E-state index contributed by atoms with van der Waals surface area (Å²) in [6, 6.07) is 4.01. The minimum atomic E-state index is 0.550. The van der Waals surface area contributed by atoms with Crippen molar-refractivity contribution in [2.45, 2.75) is 27.7 Å². The highest BCUT2D eigenvalue weighted by atomic mass is 16.3. The van der Waals surface area contributed by atoms with E-state index in [4.69, 9.17) is 4.42 Å². The topological polar surface area (TPSA) is 25.2 Å². The van der Waals surface area contributed by atoms with Crippen molar-refractivity contribution in [1.82, 2.24) is 5.32 Å². The summed E-state index contributed by atoms with van der Waals surface area (Å²) in [6.07, 6.45) is 2.14. The van der Waals surface area contributed by atoms with Crippen molar-refractivity contribution in [2.24, 2.45) is 5.92 Å². The molecule has 0 spiro atoms. The molecule has 0 fully saturated rings. The fraction of sp³-hybridized carbons (Fsp3) is 0.538. The van der Waals surface area contributed by atoms with Crippen LogP contribution in [-0.2, 0) is 0 Å². The highest BCUT2D eigenvalue weighted by molar-refractivity contribution is 5.48. The Bertz CT molecular complexity index is 323. The third kappa shape index (κ3) is 3.92. The Morgan fingerprint density at radius 1 is 1.47 bits per heavy atom. The Morgan fingerprint density at radius 3 is 2.67 bits per heavy atom. The Morgan fingerprint density at radius 2 is 2.20 bits per heavy atom. The van der Waals surface area contributed by atoms with Gasteiger partial charge in [-0.15, -0.1) is 0 Å². The van der Waals surface area contributed by atoms with E-state index in [1.165, 1.54) is 5.57 Å². The van der Waals surface area contributed by atoms with Gasteiger partial charge in [0.25, 0.3) is 0 Å². The highest BCUT2D eigenvalue weighted by Gasteiger charge is 2.04. The lowest BCUT2D eigenvalue weighted by Crippen LogP contribution is -2.18. The molecule has 0 saturated carbocycles. The average molecular weight is 207 g/mol. The Balaban J connectivity index is 2.74. The van der Waals surface area contributed by atoms with E-state index in [9.17, 15) is 0 Å². The van der Waals surface area contributed by atoms with Crippen molar-refractivity contribution >= 4 is 6.08 Å². The molecule has 0 radical (unpaired) electrons. The van der Waals surface area contributed by atoms with Gasteiger partial charge >= 0.3 is 0 Å². The van der Waals surface area contributed by atoms with Crippen LogP contribution in [0.15, 0.2) is 22.1 Å². The quantitative estimate of drug-likeness (QED) is 0.802. The second-order valence-electron chi connectivity index (χ2n) is 4.10. The Kier molecular flexibility index (Phi) is 4.63. The van der Waals surface area contributed by atoms with Gasteiger partial charge in [-0.3, -0.25) is 0 Å². The smallest absolute Gasteiger partial charge is 0.127 e. The molecule has 0 unspecified atom stereocenters. The monoisotopic (exact) mass is 207 g/mol. The van der Waals surface area contributed by atoms with Crippen LogP contribution in [0.2, 0.25) is 0 Å². The second kappa shape index (κ2) is 5.76. The fourth-order valence-corrected chi connectivity index (χ4v) is 1.40. The van der Waals surface area contributed by atoms with Crippen LogP contribution in [0.25, 0.3) is 6.08 Å². The summed E-state index contributed by atoms with van der Waals surface area (Å²) in [5.74, 6) is 2.47. The number of aryl methyl sites for hydroxylation is 1. The van der Waals surface area contributed by atoms with E-state index in [2.05, 4.69) is 32.2 Å². The number of likely N-dealkylation sites (N-methyl/N-ethyl adjacent to an activating group) is 1. The molecule has 0 aliphatic carbocycles. The normalized spacial score (nSPS) is 12.5. The largest absolute Gasteiger partial charge is 0.462 e. The third-order valence-corrected chi connectivity index (χ3v) is 2.41. The predicted molar refractivity (Wildman–Crippen MR) is 64.8 cm³/mol. The molecule has 84 valence electrons. The lowest BCUT2D eigenvalue weighted by atomic mass is 10.0. The van der Waals surface area contributed by atoms with Crippen molar-refractivity contribution in [3.63, 3.8) is 0 Å². The van der Waals surface area contributed by atoms with Crippen molar-refractivity contribution in [3.05, 3.63) is 29.2 Å². The van der Waals surface area contributed by atoms with Gasteiger partial charge in [-0.25, -0.2) is 0 Å². The maximum Gasteiger partial charge on any atom is 0.127 e. The Hall–Kier alpha value is -1.02. The van der Waals surface area contributed by atoms with Gasteiger partial charge in [-0.2, -0.15) is 0 Å². The molecule has 1 N–H and O–H groups in total. The lowest BCUT2D eigenvalue weighted by molar-refractivity contribution is 0.523. The summed E-state index contributed by atoms with van der Waals surface area (Å²) < 4.78 is 5.54. The summed E-state index contributed by atoms with van der Waals surface area (Å²) in [7, 11) is 0. The van der Waals surface area contributed by atoms with Crippen LogP contribution in [0.3, 0.4) is 0 Å². The van der Waals surface area contributed by atoms with E-state index < -0.39 is 0 Å². The van der Waals surface area contributed by atoms with Crippen LogP contribution in [0, 0.1) is 12.8 Å². The van der Waals surface area contributed by atoms with Crippen LogP contribution >= 0.6 is 0 Å². The zero-order valence-electron chi connectivity index (χ0n) is 10.1. The van der Waals surface area contributed by atoms with Crippen molar-refractivity contribution in [3.8, 4) is 0 Å².